The van der Waals surface area contributed by atoms with Gasteiger partial charge in [-0.1, -0.05) is 0 Å². The number of carbonyl (C=O) groups excluding carboxylic acids is 2. The number of nitrogens with zero attached hydrogens (tertiary/aromatic N) is 3. The molecule has 10 heteroatoms. The lowest BCUT2D eigenvalue weighted by Crippen LogP contribution is -2.39. The van der Waals surface area contributed by atoms with E-state index in [1.165, 1.54) is 6.92 Å². The fourth-order valence-electron chi connectivity index (χ4n) is 2.55. The second-order valence-corrected chi connectivity index (χ2v) is 7.52. The van der Waals surface area contributed by atoms with Crippen LogP contribution in [0.25, 0.3) is 0 Å². The zero-order chi connectivity index (χ0) is 17.7. The second-order valence-electron chi connectivity index (χ2n) is 5.68. The van der Waals surface area contributed by atoms with Crippen molar-refractivity contribution in [2.45, 2.75) is 32.4 Å². The summed E-state index contributed by atoms with van der Waals surface area (Å²) in [6.07, 6.45) is 5.72. The standard InChI is InChI=1S/C14H21N5O4S/c1-10(20)16-7-11-6-15-8-12(18-11)13-4-3-5-19(13)14(21)9-17-24(2,22)23/h6,8,13,17H,3-5,7,9H2,1-2H3,(H,16,20). The summed E-state index contributed by atoms with van der Waals surface area (Å²) in [5.74, 6) is -0.455. The maximum Gasteiger partial charge on any atom is 0.238 e. The number of rotatable bonds is 6. The molecule has 1 aliphatic rings. The third-order valence-electron chi connectivity index (χ3n) is 3.62. The molecule has 1 aromatic heterocycles. The first-order valence-electron chi connectivity index (χ1n) is 7.55. The zero-order valence-corrected chi connectivity index (χ0v) is 14.5. The number of carbonyl (C=O) groups is 2. The largest absolute Gasteiger partial charge is 0.351 e. The summed E-state index contributed by atoms with van der Waals surface area (Å²) in [6, 6.07) is -0.233. The molecule has 24 heavy (non-hydrogen) atoms. The molecular weight excluding hydrogens is 334 g/mol. The van der Waals surface area contributed by atoms with Gasteiger partial charge in [0, 0.05) is 13.5 Å². The van der Waals surface area contributed by atoms with Crippen LogP contribution >= 0.6 is 0 Å². The smallest absolute Gasteiger partial charge is 0.238 e. The molecule has 0 spiro atoms. The molecule has 0 radical (unpaired) electrons. The van der Waals surface area contributed by atoms with E-state index in [2.05, 4.69) is 20.0 Å². The van der Waals surface area contributed by atoms with Gasteiger partial charge in [0.2, 0.25) is 21.8 Å². The fraction of sp³-hybridized carbons (Fsp3) is 0.571. The molecule has 1 unspecified atom stereocenters. The highest BCUT2D eigenvalue weighted by Crippen LogP contribution is 2.30. The molecule has 2 heterocycles. The molecule has 1 aliphatic heterocycles. The van der Waals surface area contributed by atoms with Crippen LogP contribution in [0.5, 0.6) is 0 Å². The summed E-state index contributed by atoms with van der Waals surface area (Å²) in [5.41, 5.74) is 1.25. The fourth-order valence-corrected chi connectivity index (χ4v) is 2.94. The molecule has 9 nitrogen and oxygen atoms in total. The van der Waals surface area contributed by atoms with Gasteiger partial charge in [-0.05, 0) is 12.8 Å². The van der Waals surface area contributed by atoms with E-state index in [1.54, 1.807) is 17.3 Å². The SMILES string of the molecule is CC(=O)NCc1cncc(C2CCCN2C(=O)CNS(C)(=O)=O)n1. The van der Waals surface area contributed by atoms with Crippen molar-refractivity contribution >= 4 is 21.8 Å². The van der Waals surface area contributed by atoms with Crippen molar-refractivity contribution in [2.24, 2.45) is 0 Å². The Morgan fingerprint density at radius 1 is 1.38 bits per heavy atom. The average Bonchev–Trinajstić information content (AvgIpc) is 3.00. The maximum atomic E-state index is 12.3. The van der Waals surface area contributed by atoms with Crippen molar-refractivity contribution in [3.63, 3.8) is 0 Å². The number of sulfonamides is 1. The zero-order valence-electron chi connectivity index (χ0n) is 13.7. The van der Waals surface area contributed by atoms with Crippen LogP contribution in [0, 0.1) is 0 Å². The summed E-state index contributed by atoms with van der Waals surface area (Å²) in [4.78, 5) is 33.5. The molecule has 2 amide bonds. The van der Waals surface area contributed by atoms with Crippen LogP contribution < -0.4 is 10.0 Å². The third-order valence-corrected chi connectivity index (χ3v) is 4.29. The molecular formula is C14H21N5O4S. The van der Waals surface area contributed by atoms with E-state index in [9.17, 15) is 18.0 Å². The molecule has 132 valence electrons. The Morgan fingerprint density at radius 3 is 2.79 bits per heavy atom. The van der Waals surface area contributed by atoms with Gasteiger partial charge < -0.3 is 10.2 Å². The van der Waals surface area contributed by atoms with Gasteiger partial charge in [0.15, 0.2) is 0 Å². The monoisotopic (exact) mass is 355 g/mol. The quantitative estimate of drug-likeness (QED) is 0.698. The molecule has 2 N–H and O–H groups in total. The van der Waals surface area contributed by atoms with Gasteiger partial charge in [-0.25, -0.2) is 13.1 Å². The predicted molar refractivity (Wildman–Crippen MR) is 86.1 cm³/mol. The first-order chi connectivity index (χ1) is 11.3. The van der Waals surface area contributed by atoms with Crippen molar-refractivity contribution in [2.75, 3.05) is 19.3 Å². The molecule has 0 bridgehead atoms. The molecule has 1 fully saturated rings. The Morgan fingerprint density at radius 2 is 2.12 bits per heavy atom. The van der Waals surface area contributed by atoms with E-state index in [4.69, 9.17) is 0 Å². The van der Waals surface area contributed by atoms with Crippen molar-refractivity contribution in [3.8, 4) is 0 Å². The predicted octanol–water partition coefficient (Wildman–Crippen LogP) is -0.675. The number of hydrogen-bond acceptors (Lipinski definition) is 6. The van der Waals surface area contributed by atoms with Gasteiger partial charge in [-0.15, -0.1) is 0 Å². The molecule has 0 aromatic carbocycles. The normalized spacial score (nSPS) is 17.8. The second kappa shape index (κ2) is 7.67. The van der Waals surface area contributed by atoms with Gasteiger partial charge >= 0.3 is 0 Å². The van der Waals surface area contributed by atoms with Gasteiger partial charge in [0.05, 0.1) is 49.2 Å². The molecule has 1 aromatic rings. The Labute approximate surface area is 140 Å². The highest BCUT2D eigenvalue weighted by atomic mass is 32.2. The van der Waals surface area contributed by atoms with E-state index >= 15 is 0 Å². The van der Waals surface area contributed by atoms with Crippen LogP contribution in [0.1, 0.15) is 37.2 Å². The Balaban J connectivity index is 2.08. The molecule has 0 saturated carbocycles. The van der Waals surface area contributed by atoms with Crippen LogP contribution in [0.4, 0.5) is 0 Å². The van der Waals surface area contributed by atoms with Crippen LogP contribution in [-0.4, -0.2) is 54.4 Å². The van der Waals surface area contributed by atoms with E-state index in [0.717, 1.165) is 19.1 Å². The number of likely N-dealkylation sites (tertiary alicyclic amines) is 1. The summed E-state index contributed by atoms with van der Waals surface area (Å²) < 4.78 is 24.5. The van der Waals surface area contributed by atoms with Gasteiger partial charge in [-0.3, -0.25) is 19.6 Å². The lowest BCUT2D eigenvalue weighted by Gasteiger charge is -2.24. The lowest BCUT2D eigenvalue weighted by atomic mass is 10.1. The van der Waals surface area contributed by atoms with Crippen LogP contribution in [0.2, 0.25) is 0 Å². The number of amides is 2. The summed E-state index contributed by atoms with van der Waals surface area (Å²) in [7, 11) is -3.42. The van der Waals surface area contributed by atoms with Gasteiger partial charge in [0.25, 0.3) is 0 Å². The van der Waals surface area contributed by atoms with E-state index in [1.807, 2.05) is 0 Å². The average molecular weight is 355 g/mol. The topological polar surface area (TPSA) is 121 Å². The van der Waals surface area contributed by atoms with E-state index < -0.39 is 10.0 Å². The highest BCUT2D eigenvalue weighted by Gasteiger charge is 2.31. The Hall–Kier alpha value is -2.07. The summed E-state index contributed by atoms with van der Waals surface area (Å²) in [6.45, 7) is 1.97. The molecule has 1 saturated heterocycles. The van der Waals surface area contributed by atoms with Crippen LogP contribution in [-0.2, 0) is 26.2 Å². The molecule has 2 rings (SSSR count). The van der Waals surface area contributed by atoms with E-state index in [-0.39, 0.29) is 30.9 Å². The molecule has 1 atom stereocenters. The number of aromatic nitrogens is 2. The van der Waals surface area contributed by atoms with Gasteiger partial charge in [-0.2, -0.15) is 0 Å². The van der Waals surface area contributed by atoms with Crippen LogP contribution in [0.15, 0.2) is 12.4 Å². The lowest BCUT2D eigenvalue weighted by molar-refractivity contribution is -0.131. The van der Waals surface area contributed by atoms with Crippen molar-refractivity contribution in [1.82, 2.24) is 24.9 Å². The molecule has 0 aliphatic carbocycles. The Bertz CT molecular complexity index is 722. The van der Waals surface area contributed by atoms with Crippen LogP contribution in [0.3, 0.4) is 0 Å². The van der Waals surface area contributed by atoms with Crippen molar-refractivity contribution in [3.05, 3.63) is 23.8 Å². The summed E-state index contributed by atoms with van der Waals surface area (Å²) in [5, 5.41) is 2.65. The number of nitrogens with one attached hydrogen (secondary N) is 2. The highest BCUT2D eigenvalue weighted by molar-refractivity contribution is 7.88. The minimum atomic E-state index is -3.42. The van der Waals surface area contributed by atoms with Crippen molar-refractivity contribution in [1.29, 1.82) is 0 Å². The minimum Gasteiger partial charge on any atom is -0.351 e. The summed E-state index contributed by atoms with van der Waals surface area (Å²) >= 11 is 0. The van der Waals surface area contributed by atoms with E-state index in [0.29, 0.717) is 17.9 Å². The first kappa shape index (κ1) is 18.3. The number of hydrogen-bond donors (Lipinski definition) is 2. The maximum absolute atomic E-state index is 12.3. The first-order valence-corrected chi connectivity index (χ1v) is 9.45. The van der Waals surface area contributed by atoms with Crippen molar-refractivity contribution < 1.29 is 18.0 Å². The Kier molecular flexibility index (Phi) is 5.84. The minimum absolute atomic E-state index is 0.160. The third kappa shape index (κ3) is 5.24. The van der Waals surface area contributed by atoms with Gasteiger partial charge in [0.1, 0.15) is 0 Å².